The highest BCUT2D eigenvalue weighted by atomic mass is 15.2. The van der Waals surface area contributed by atoms with Crippen LogP contribution in [0.2, 0.25) is 0 Å². The third kappa shape index (κ3) is 2.88. The maximum Gasteiger partial charge on any atom is 0.171 e. The van der Waals surface area contributed by atoms with Crippen LogP contribution in [0.1, 0.15) is 5.56 Å². The molecular formula is C17H12N4. The van der Waals surface area contributed by atoms with Gasteiger partial charge in [-0.3, -0.25) is 0 Å². The Morgan fingerprint density at radius 1 is 0.857 bits per heavy atom. The van der Waals surface area contributed by atoms with Crippen molar-refractivity contribution in [3.8, 4) is 17.2 Å². The molecule has 1 heterocycles. The summed E-state index contributed by atoms with van der Waals surface area (Å²) < 4.78 is 0. The van der Waals surface area contributed by atoms with E-state index in [9.17, 15) is 0 Å². The molecule has 0 bridgehead atoms. The molecule has 0 aliphatic carbocycles. The molecule has 4 heteroatoms. The molecule has 0 aliphatic rings. The van der Waals surface area contributed by atoms with E-state index < -0.39 is 0 Å². The molecule has 4 nitrogen and oxygen atoms in total. The number of rotatable bonds is 3. The predicted octanol–water partition coefficient (Wildman–Crippen LogP) is 3.76. The fourth-order valence-corrected chi connectivity index (χ4v) is 2.03. The van der Waals surface area contributed by atoms with Gasteiger partial charge < -0.3 is 5.32 Å². The highest BCUT2D eigenvalue weighted by molar-refractivity contribution is 5.68. The topological polar surface area (TPSA) is 61.6 Å². The van der Waals surface area contributed by atoms with Gasteiger partial charge in [-0.2, -0.15) is 10.4 Å². The lowest BCUT2D eigenvalue weighted by atomic mass is 10.1. The molecule has 100 valence electrons. The number of benzene rings is 2. The first-order valence-electron chi connectivity index (χ1n) is 6.51. The lowest BCUT2D eigenvalue weighted by Crippen LogP contribution is -1.98. The highest BCUT2D eigenvalue weighted by Gasteiger charge is 2.04. The van der Waals surface area contributed by atoms with Crippen molar-refractivity contribution in [3.63, 3.8) is 0 Å². The minimum Gasteiger partial charge on any atom is -0.338 e. The average molecular weight is 272 g/mol. The average Bonchev–Trinajstić information content (AvgIpc) is 2.57. The van der Waals surface area contributed by atoms with Gasteiger partial charge in [0.15, 0.2) is 5.82 Å². The molecule has 0 spiro atoms. The van der Waals surface area contributed by atoms with Gasteiger partial charge in [0.25, 0.3) is 0 Å². The first-order valence-corrected chi connectivity index (χ1v) is 6.51. The number of anilines is 2. The molecule has 0 radical (unpaired) electrons. The number of nitrogens with zero attached hydrogens (tertiary/aromatic N) is 3. The molecule has 0 saturated carbocycles. The van der Waals surface area contributed by atoms with E-state index in [0.717, 1.165) is 11.3 Å². The summed E-state index contributed by atoms with van der Waals surface area (Å²) in [7, 11) is 0. The number of hydrogen-bond donors (Lipinski definition) is 1. The van der Waals surface area contributed by atoms with E-state index in [-0.39, 0.29) is 0 Å². The van der Waals surface area contributed by atoms with Crippen molar-refractivity contribution in [3.05, 3.63) is 72.4 Å². The SMILES string of the molecule is N#Cc1ccnnc1Nc1ccc(-c2ccccc2)cc1. The van der Waals surface area contributed by atoms with E-state index in [1.807, 2.05) is 42.5 Å². The Hall–Kier alpha value is -3.19. The Bertz CT molecular complexity index is 774. The predicted molar refractivity (Wildman–Crippen MR) is 81.9 cm³/mol. The Balaban J connectivity index is 1.84. The molecule has 0 unspecified atom stereocenters. The first kappa shape index (κ1) is 12.8. The first-order chi connectivity index (χ1) is 10.4. The molecule has 0 saturated heterocycles. The van der Waals surface area contributed by atoms with E-state index >= 15 is 0 Å². The van der Waals surface area contributed by atoms with Gasteiger partial charge in [-0.1, -0.05) is 42.5 Å². The van der Waals surface area contributed by atoms with Crippen molar-refractivity contribution >= 4 is 11.5 Å². The molecule has 3 aromatic rings. The number of nitrogens with one attached hydrogen (secondary N) is 1. The van der Waals surface area contributed by atoms with Crippen LogP contribution in [0.3, 0.4) is 0 Å². The zero-order chi connectivity index (χ0) is 14.5. The fraction of sp³-hybridized carbons (Fsp3) is 0. The summed E-state index contributed by atoms with van der Waals surface area (Å²) in [5, 5.41) is 19.9. The molecular weight excluding hydrogens is 260 g/mol. The van der Waals surface area contributed by atoms with Crippen LogP contribution in [-0.4, -0.2) is 10.2 Å². The van der Waals surface area contributed by atoms with Gasteiger partial charge in [0.05, 0.1) is 11.8 Å². The molecule has 0 atom stereocenters. The summed E-state index contributed by atoms with van der Waals surface area (Å²) >= 11 is 0. The van der Waals surface area contributed by atoms with Gasteiger partial charge in [0.1, 0.15) is 6.07 Å². The number of nitriles is 1. The fourth-order valence-electron chi connectivity index (χ4n) is 2.03. The van der Waals surface area contributed by atoms with Gasteiger partial charge in [0, 0.05) is 5.69 Å². The van der Waals surface area contributed by atoms with Crippen LogP contribution in [0.15, 0.2) is 66.9 Å². The minimum absolute atomic E-state index is 0.465. The zero-order valence-corrected chi connectivity index (χ0v) is 11.2. The molecule has 1 N–H and O–H groups in total. The zero-order valence-electron chi connectivity index (χ0n) is 11.2. The van der Waals surface area contributed by atoms with E-state index in [2.05, 4.69) is 33.7 Å². The van der Waals surface area contributed by atoms with Crippen LogP contribution in [0.5, 0.6) is 0 Å². The van der Waals surface area contributed by atoms with Crippen molar-refractivity contribution in [2.45, 2.75) is 0 Å². The monoisotopic (exact) mass is 272 g/mol. The summed E-state index contributed by atoms with van der Waals surface area (Å²) in [6, 6.07) is 21.9. The normalized spacial score (nSPS) is 9.86. The number of aromatic nitrogens is 2. The lowest BCUT2D eigenvalue weighted by molar-refractivity contribution is 1.03. The standard InChI is InChI=1S/C17H12N4/c18-12-15-10-11-19-21-17(15)20-16-8-6-14(7-9-16)13-4-2-1-3-5-13/h1-11H,(H,20,21). The Kier molecular flexibility index (Phi) is 3.57. The second kappa shape index (κ2) is 5.85. The quantitative estimate of drug-likeness (QED) is 0.788. The van der Waals surface area contributed by atoms with Gasteiger partial charge in [-0.25, -0.2) is 0 Å². The summed E-state index contributed by atoms with van der Waals surface area (Å²) in [5.41, 5.74) is 3.64. The second-order valence-corrected chi connectivity index (χ2v) is 4.47. The molecule has 0 aliphatic heterocycles. The van der Waals surface area contributed by atoms with Crippen molar-refractivity contribution in [2.75, 3.05) is 5.32 Å². The molecule has 3 rings (SSSR count). The Morgan fingerprint density at radius 2 is 1.57 bits per heavy atom. The minimum atomic E-state index is 0.465. The maximum atomic E-state index is 9.03. The van der Waals surface area contributed by atoms with Crippen molar-refractivity contribution in [2.24, 2.45) is 0 Å². The third-order valence-corrected chi connectivity index (χ3v) is 3.10. The van der Waals surface area contributed by atoms with Gasteiger partial charge >= 0.3 is 0 Å². The van der Waals surface area contributed by atoms with Crippen molar-refractivity contribution in [1.29, 1.82) is 5.26 Å². The highest BCUT2D eigenvalue weighted by Crippen LogP contribution is 2.23. The van der Waals surface area contributed by atoms with E-state index in [0.29, 0.717) is 11.4 Å². The largest absolute Gasteiger partial charge is 0.338 e. The van der Waals surface area contributed by atoms with Gasteiger partial charge in [-0.15, -0.1) is 5.10 Å². The summed E-state index contributed by atoms with van der Waals surface area (Å²) in [4.78, 5) is 0. The molecule has 1 aromatic heterocycles. The molecule has 21 heavy (non-hydrogen) atoms. The summed E-state index contributed by atoms with van der Waals surface area (Å²) in [6.07, 6.45) is 1.50. The molecule has 0 amide bonds. The second-order valence-electron chi connectivity index (χ2n) is 4.47. The van der Waals surface area contributed by atoms with Crippen LogP contribution < -0.4 is 5.32 Å². The molecule has 2 aromatic carbocycles. The smallest absolute Gasteiger partial charge is 0.171 e. The summed E-state index contributed by atoms with van der Waals surface area (Å²) in [5.74, 6) is 0.465. The van der Waals surface area contributed by atoms with Crippen LogP contribution in [0, 0.1) is 11.3 Å². The summed E-state index contributed by atoms with van der Waals surface area (Å²) in [6.45, 7) is 0. The third-order valence-electron chi connectivity index (χ3n) is 3.10. The number of hydrogen-bond acceptors (Lipinski definition) is 4. The van der Waals surface area contributed by atoms with E-state index in [1.165, 1.54) is 11.8 Å². The van der Waals surface area contributed by atoms with Crippen LogP contribution in [-0.2, 0) is 0 Å². The van der Waals surface area contributed by atoms with Crippen LogP contribution >= 0.6 is 0 Å². The van der Waals surface area contributed by atoms with Gasteiger partial charge in [0.2, 0.25) is 0 Å². The lowest BCUT2D eigenvalue weighted by Gasteiger charge is -2.07. The Morgan fingerprint density at radius 3 is 2.29 bits per heavy atom. The van der Waals surface area contributed by atoms with E-state index in [1.54, 1.807) is 6.07 Å². The van der Waals surface area contributed by atoms with Gasteiger partial charge in [-0.05, 0) is 29.3 Å². The van der Waals surface area contributed by atoms with Crippen molar-refractivity contribution < 1.29 is 0 Å². The van der Waals surface area contributed by atoms with Crippen LogP contribution in [0.4, 0.5) is 11.5 Å². The molecule has 0 fully saturated rings. The van der Waals surface area contributed by atoms with Crippen molar-refractivity contribution in [1.82, 2.24) is 10.2 Å². The van der Waals surface area contributed by atoms with E-state index in [4.69, 9.17) is 5.26 Å². The maximum absolute atomic E-state index is 9.03. The van der Waals surface area contributed by atoms with Crippen LogP contribution in [0.25, 0.3) is 11.1 Å². The Labute approximate surface area is 122 Å².